The maximum absolute atomic E-state index is 14.4. The minimum Gasteiger partial charge on any atom is -0.462 e. The Morgan fingerprint density at radius 1 is 0.919 bits per heavy atom. The molecule has 4 fully saturated rings. The first-order valence-corrected chi connectivity index (χ1v) is 23.1. The molecule has 0 aromatic carbocycles. The first kappa shape index (κ1) is 47.4. The summed E-state index contributed by atoms with van der Waals surface area (Å²) in [5, 5.41) is 24.0. The van der Waals surface area contributed by atoms with Gasteiger partial charge in [0.2, 0.25) is 6.29 Å². The molecule has 19 atom stereocenters. The van der Waals surface area contributed by atoms with Crippen LogP contribution in [0.4, 0.5) is 0 Å². The van der Waals surface area contributed by atoms with Crippen LogP contribution in [0, 0.1) is 41.4 Å². The highest BCUT2D eigenvalue weighted by Crippen LogP contribution is 2.52. The third-order valence-electron chi connectivity index (χ3n) is 14.8. The van der Waals surface area contributed by atoms with Crippen LogP contribution in [0.25, 0.3) is 0 Å². The van der Waals surface area contributed by atoms with Crippen molar-refractivity contribution in [2.24, 2.45) is 41.4 Å². The number of ketones is 1. The van der Waals surface area contributed by atoms with Crippen LogP contribution < -0.4 is 0 Å². The van der Waals surface area contributed by atoms with Crippen LogP contribution in [0.3, 0.4) is 0 Å². The standard InChI is InChI=1S/C49H72O13/c1-11-26(2)43-29(5)19-20-48(62-43)25-35-24-34(61-48)17-15-28(4)42(27(3)13-12-14-33-16-18-36-40(50)30(6)21-37(45(52)56-35)49(33,36)53)57-39-23-32(8)44(47(55-10)60-39)58-38-22-31(7)41(51)46(54-9)59-38/h12-15,19-21,26-27,29,31-32,34-40,42-44,46-47,50,53H,11,16-18,22-25H2,1-10H3/b13-12+,28-15+,33-14+/t26?,27-,29-,31-,32-,34+,35-,36+,37-,38-,39-,40+,42-,43+,44-,46-,47-,48+,49-/m0/s1. The van der Waals surface area contributed by atoms with Gasteiger partial charge in [0, 0.05) is 63.6 Å². The third kappa shape index (κ3) is 9.55. The largest absolute Gasteiger partial charge is 0.462 e. The number of carbonyl (C=O) groups excluding carboxylic acids is 2. The lowest BCUT2D eigenvalue weighted by atomic mass is 9.68. The van der Waals surface area contributed by atoms with Gasteiger partial charge in [-0.1, -0.05) is 84.4 Å². The van der Waals surface area contributed by atoms with Crippen LogP contribution in [0.2, 0.25) is 0 Å². The van der Waals surface area contributed by atoms with Crippen molar-refractivity contribution in [2.75, 3.05) is 14.2 Å². The van der Waals surface area contributed by atoms with Crippen LogP contribution in [-0.2, 0) is 52.2 Å². The molecule has 5 heterocycles. The quantitative estimate of drug-likeness (QED) is 0.190. The fourth-order valence-electron chi connectivity index (χ4n) is 10.9. The zero-order valence-corrected chi connectivity index (χ0v) is 38.4. The number of rotatable bonds is 8. The number of hydrogen-bond acceptors (Lipinski definition) is 13. The molecule has 2 N–H and O–H groups in total. The number of allylic oxidation sites excluding steroid dienone is 2. The van der Waals surface area contributed by atoms with E-state index in [-0.39, 0.29) is 47.6 Å². The Morgan fingerprint density at radius 2 is 1.68 bits per heavy atom. The van der Waals surface area contributed by atoms with Gasteiger partial charge in [0.25, 0.3) is 0 Å². The van der Waals surface area contributed by atoms with Gasteiger partial charge >= 0.3 is 5.97 Å². The molecule has 0 amide bonds. The summed E-state index contributed by atoms with van der Waals surface area (Å²) in [7, 11) is 3.02. The molecule has 1 saturated carbocycles. The molecular formula is C49H72O13. The summed E-state index contributed by atoms with van der Waals surface area (Å²) in [6.45, 7) is 16.4. The van der Waals surface area contributed by atoms with Gasteiger partial charge in [-0.05, 0) is 67.7 Å². The van der Waals surface area contributed by atoms with E-state index in [1.807, 2.05) is 38.2 Å². The summed E-state index contributed by atoms with van der Waals surface area (Å²) in [6, 6.07) is 0. The number of esters is 1. The second-order valence-corrected chi connectivity index (χ2v) is 19.4. The van der Waals surface area contributed by atoms with E-state index in [1.54, 1.807) is 13.2 Å². The number of Topliss-reactive ketones (excluding diaryl/α,β-unsaturated/α-hetero) is 1. The zero-order valence-electron chi connectivity index (χ0n) is 38.4. The average molecular weight is 869 g/mol. The number of methoxy groups -OCH3 is 2. The summed E-state index contributed by atoms with van der Waals surface area (Å²) < 4.78 is 57.1. The second-order valence-electron chi connectivity index (χ2n) is 19.4. The van der Waals surface area contributed by atoms with Crippen molar-refractivity contribution in [3.63, 3.8) is 0 Å². The minimum atomic E-state index is -1.62. The van der Waals surface area contributed by atoms with E-state index in [2.05, 4.69) is 53.7 Å². The van der Waals surface area contributed by atoms with Crippen molar-refractivity contribution in [3.05, 3.63) is 59.3 Å². The molecule has 0 radical (unpaired) electrons. The Labute approximate surface area is 368 Å². The highest BCUT2D eigenvalue weighted by Gasteiger charge is 2.59. The molecular weight excluding hydrogens is 797 g/mol. The Hall–Kier alpha value is -2.56. The lowest BCUT2D eigenvalue weighted by Gasteiger charge is -2.48. The van der Waals surface area contributed by atoms with Gasteiger partial charge in [0.15, 0.2) is 30.4 Å². The Morgan fingerprint density at radius 3 is 2.40 bits per heavy atom. The van der Waals surface area contributed by atoms with Gasteiger partial charge in [-0.3, -0.25) is 9.59 Å². The highest BCUT2D eigenvalue weighted by atomic mass is 16.8. The fraction of sp³-hybridized carbons (Fsp3) is 0.755. The van der Waals surface area contributed by atoms with Crippen molar-refractivity contribution in [2.45, 2.75) is 180 Å². The number of ether oxygens (including phenoxy) is 9. The SMILES string of the molecule is CCC(C)[C@H]1O[C@]2(C=C[C@@H]1C)C[C@@H]1C[C@@H](C/C=C(\C)[C@@H](O[C@@H]3C[C@H](C)[C@H](O[C@@H]4C[C@H](C)C(=O)[C@@H](OC)O4)[C@@H](OC)O3)[C@@H](C)/C=C/C=C3\CC[C@@H]4[C@H](O)C(C)=C[C@@H](C(=O)O1)[C@]34O)O2. The summed E-state index contributed by atoms with van der Waals surface area (Å²) in [6.07, 6.45) is 12.2. The molecule has 13 heteroatoms. The first-order chi connectivity index (χ1) is 29.5. The maximum atomic E-state index is 14.4. The van der Waals surface area contributed by atoms with Gasteiger partial charge < -0.3 is 52.8 Å². The molecule has 13 nitrogen and oxygen atoms in total. The number of fused-ring (bicyclic) bond motifs is 2. The summed E-state index contributed by atoms with van der Waals surface area (Å²) in [5.41, 5.74) is 0.707. The Balaban J connectivity index is 1.18. The summed E-state index contributed by atoms with van der Waals surface area (Å²) in [5.74, 6) is -3.30. The smallest absolute Gasteiger partial charge is 0.316 e. The lowest BCUT2D eigenvalue weighted by Crippen LogP contribution is -2.55. The monoisotopic (exact) mass is 868 g/mol. The van der Waals surface area contributed by atoms with E-state index in [0.717, 1.165) is 12.0 Å². The second kappa shape index (κ2) is 19.5. The topological polar surface area (TPSA) is 158 Å². The number of aliphatic hydroxyl groups excluding tert-OH is 1. The third-order valence-corrected chi connectivity index (χ3v) is 14.8. The molecule has 346 valence electrons. The minimum absolute atomic E-state index is 0.0631. The number of aliphatic hydroxyl groups is 2. The lowest BCUT2D eigenvalue weighted by molar-refractivity contribution is -0.349. The highest BCUT2D eigenvalue weighted by molar-refractivity contribution is 5.84. The van der Waals surface area contributed by atoms with Crippen LogP contribution in [0.1, 0.15) is 107 Å². The van der Waals surface area contributed by atoms with Crippen LogP contribution in [0.5, 0.6) is 0 Å². The van der Waals surface area contributed by atoms with E-state index in [1.165, 1.54) is 7.11 Å². The fourth-order valence-corrected chi connectivity index (χ4v) is 10.9. The predicted molar refractivity (Wildman–Crippen MR) is 229 cm³/mol. The van der Waals surface area contributed by atoms with Crippen LogP contribution >= 0.6 is 0 Å². The number of hydrogen-bond donors (Lipinski definition) is 2. The number of carbonyl (C=O) groups is 2. The Bertz CT molecular complexity index is 1770. The van der Waals surface area contributed by atoms with Crippen molar-refractivity contribution in [1.29, 1.82) is 0 Å². The molecule has 2 aliphatic carbocycles. The predicted octanol–water partition coefficient (Wildman–Crippen LogP) is 7.01. The first-order valence-electron chi connectivity index (χ1n) is 23.1. The van der Waals surface area contributed by atoms with E-state index >= 15 is 0 Å². The average Bonchev–Trinajstić information content (AvgIpc) is 3.58. The van der Waals surface area contributed by atoms with Gasteiger partial charge in [-0.2, -0.15) is 0 Å². The maximum Gasteiger partial charge on any atom is 0.316 e. The Kier molecular flexibility index (Phi) is 14.9. The molecule has 62 heavy (non-hydrogen) atoms. The van der Waals surface area contributed by atoms with Crippen molar-refractivity contribution in [1.82, 2.24) is 0 Å². The molecule has 7 rings (SSSR count). The van der Waals surface area contributed by atoms with E-state index in [4.69, 9.17) is 42.6 Å². The molecule has 0 aromatic rings. The van der Waals surface area contributed by atoms with E-state index in [9.17, 15) is 19.8 Å². The molecule has 3 saturated heterocycles. The van der Waals surface area contributed by atoms with Crippen molar-refractivity contribution >= 4 is 11.8 Å². The normalized spacial score (nSPS) is 48.0. The van der Waals surface area contributed by atoms with Gasteiger partial charge in [0.1, 0.15) is 23.7 Å². The van der Waals surface area contributed by atoms with Gasteiger partial charge in [-0.25, -0.2) is 0 Å². The molecule has 7 aliphatic rings. The zero-order chi connectivity index (χ0) is 44.7. The molecule has 1 spiro atoms. The molecule has 0 aromatic heterocycles. The van der Waals surface area contributed by atoms with Gasteiger partial charge in [-0.15, -0.1) is 0 Å². The van der Waals surface area contributed by atoms with E-state index in [0.29, 0.717) is 56.1 Å². The van der Waals surface area contributed by atoms with Crippen LogP contribution in [0.15, 0.2) is 59.3 Å². The summed E-state index contributed by atoms with van der Waals surface area (Å²) in [4.78, 5) is 26.9. The van der Waals surface area contributed by atoms with Crippen molar-refractivity contribution in [3.8, 4) is 0 Å². The van der Waals surface area contributed by atoms with Gasteiger partial charge in [0.05, 0.1) is 24.4 Å². The summed E-state index contributed by atoms with van der Waals surface area (Å²) >= 11 is 0. The molecule has 1 unspecified atom stereocenters. The molecule has 5 aliphatic heterocycles. The van der Waals surface area contributed by atoms with Crippen molar-refractivity contribution < 1.29 is 62.4 Å². The van der Waals surface area contributed by atoms with E-state index < -0.39 is 78.8 Å². The molecule has 2 bridgehead atoms. The van der Waals surface area contributed by atoms with Crippen LogP contribution in [-0.4, -0.2) is 109 Å².